The molecule has 23 heavy (non-hydrogen) atoms. The average molecular weight is 320 g/mol. The first-order valence-corrected chi connectivity index (χ1v) is 7.29. The first kappa shape index (κ1) is 15.4. The maximum atomic E-state index is 14.1. The quantitative estimate of drug-likeness (QED) is 0.732. The number of pyridine rings is 1. The van der Waals surface area contributed by atoms with E-state index >= 15 is 0 Å². The summed E-state index contributed by atoms with van der Waals surface area (Å²) in [5.41, 5.74) is 1.30. The summed E-state index contributed by atoms with van der Waals surface area (Å²) in [6.45, 7) is 3.51. The Balaban J connectivity index is 2.14. The Hall–Kier alpha value is -2.50. The van der Waals surface area contributed by atoms with Crippen LogP contribution in [-0.2, 0) is 6.42 Å². The van der Waals surface area contributed by atoms with Crippen molar-refractivity contribution < 1.29 is 17.9 Å². The lowest BCUT2D eigenvalue weighted by atomic mass is 10.1. The van der Waals surface area contributed by atoms with Crippen LogP contribution in [0.5, 0.6) is 11.6 Å². The third-order valence-electron chi connectivity index (χ3n) is 3.67. The van der Waals surface area contributed by atoms with Crippen LogP contribution >= 0.6 is 0 Å². The van der Waals surface area contributed by atoms with Crippen LogP contribution in [0.25, 0.3) is 10.9 Å². The molecule has 0 aliphatic heterocycles. The molecule has 1 N–H and O–H groups in total. The molecule has 2 aromatic heterocycles. The predicted molar refractivity (Wildman–Crippen MR) is 81.2 cm³/mol. The number of aromatic nitrogens is 2. The molecule has 0 radical (unpaired) electrons. The van der Waals surface area contributed by atoms with Gasteiger partial charge in [-0.05, 0) is 30.5 Å². The normalized spacial score (nSPS) is 11.2. The second kappa shape index (κ2) is 5.95. The van der Waals surface area contributed by atoms with E-state index in [1.54, 1.807) is 13.1 Å². The van der Waals surface area contributed by atoms with Crippen LogP contribution in [0.1, 0.15) is 24.5 Å². The molecule has 3 nitrogen and oxygen atoms in total. The van der Waals surface area contributed by atoms with Gasteiger partial charge in [0.25, 0.3) is 5.88 Å². The Kier molecular flexibility index (Phi) is 3.98. The molecule has 1 aromatic carbocycles. The largest absolute Gasteiger partial charge is 0.434 e. The van der Waals surface area contributed by atoms with Crippen molar-refractivity contribution in [2.24, 2.45) is 0 Å². The Morgan fingerprint density at radius 1 is 1.22 bits per heavy atom. The summed E-state index contributed by atoms with van der Waals surface area (Å²) in [6.07, 6.45) is 4.38. The highest BCUT2D eigenvalue weighted by Gasteiger charge is 2.19. The number of H-pyrrole nitrogens is 1. The molecule has 0 saturated heterocycles. The highest BCUT2D eigenvalue weighted by atomic mass is 19.2. The van der Waals surface area contributed by atoms with Crippen LogP contribution in [0, 0.1) is 24.4 Å². The third-order valence-corrected chi connectivity index (χ3v) is 3.67. The molecule has 0 spiro atoms. The van der Waals surface area contributed by atoms with Crippen molar-refractivity contribution in [2.45, 2.75) is 26.7 Å². The fraction of sp³-hybridized carbons (Fsp3) is 0.235. The number of hydrogen-bond acceptors (Lipinski definition) is 2. The molecule has 120 valence electrons. The molecular formula is C17H15F3N2O. The van der Waals surface area contributed by atoms with E-state index in [0.717, 1.165) is 12.5 Å². The monoisotopic (exact) mass is 320 g/mol. The van der Waals surface area contributed by atoms with E-state index in [1.165, 1.54) is 12.3 Å². The molecule has 0 aliphatic carbocycles. The van der Waals surface area contributed by atoms with E-state index in [9.17, 15) is 13.2 Å². The highest BCUT2D eigenvalue weighted by Crippen LogP contribution is 2.35. The second-order valence-corrected chi connectivity index (χ2v) is 5.33. The van der Waals surface area contributed by atoms with Gasteiger partial charge in [0.1, 0.15) is 0 Å². The number of nitrogens with zero attached hydrogens (tertiary/aromatic N) is 1. The SMILES string of the molecule is CCCc1c[nH]c2c(Oc3nccc(C)c3F)cc(F)c(F)c12. The fourth-order valence-electron chi connectivity index (χ4n) is 2.52. The predicted octanol–water partition coefficient (Wildman–Crippen LogP) is 5.03. The van der Waals surface area contributed by atoms with Crippen molar-refractivity contribution >= 4 is 10.9 Å². The van der Waals surface area contributed by atoms with Gasteiger partial charge in [0, 0.05) is 23.8 Å². The Labute approximate surface area is 131 Å². The molecule has 2 heterocycles. The zero-order valence-electron chi connectivity index (χ0n) is 12.7. The van der Waals surface area contributed by atoms with Crippen molar-refractivity contribution in [3.63, 3.8) is 0 Å². The van der Waals surface area contributed by atoms with Crippen molar-refractivity contribution in [3.05, 3.63) is 53.1 Å². The summed E-state index contributed by atoms with van der Waals surface area (Å²) in [4.78, 5) is 6.69. The highest BCUT2D eigenvalue weighted by molar-refractivity contribution is 5.89. The van der Waals surface area contributed by atoms with Gasteiger partial charge in [-0.15, -0.1) is 0 Å². The van der Waals surface area contributed by atoms with Crippen LogP contribution in [0.15, 0.2) is 24.5 Å². The van der Waals surface area contributed by atoms with Crippen molar-refractivity contribution in [1.82, 2.24) is 9.97 Å². The lowest BCUT2D eigenvalue weighted by Gasteiger charge is -2.09. The number of rotatable bonds is 4. The molecule has 3 rings (SSSR count). The first-order chi connectivity index (χ1) is 11.0. The summed E-state index contributed by atoms with van der Waals surface area (Å²) in [6, 6.07) is 2.39. The number of hydrogen-bond donors (Lipinski definition) is 1. The molecule has 0 atom stereocenters. The topological polar surface area (TPSA) is 37.9 Å². The Bertz CT molecular complexity index is 874. The number of fused-ring (bicyclic) bond motifs is 1. The van der Waals surface area contributed by atoms with Gasteiger partial charge in [-0.25, -0.2) is 18.2 Å². The second-order valence-electron chi connectivity index (χ2n) is 5.33. The summed E-state index contributed by atoms with van der Waals surface area (Å²) in [5, 5.41) is 0.134. The number of ether oxygens (including phenoxy) is 1. The average Bonchev–Trinajstić information content (AvgIpc) is 2.94. The molecule has 0 bridgehead atoms. The van der Waals surface area contributed by atoms with Crippen LogP contribution in [-0.4, -0.2) is 9.97 Å². The maximum absolute atomic E-state index is 14.1. The Morgan fingerprint density at radius 3 is 2.74 bits per heavy atom. The summed E-state index contributed by atoms with van der Waals surface area (Å²) in [7, 11) is 0. The minimum Gasteiger partial charge on any atom is -0.434 e. The van der Waals surface area contributed by atoms with Gasteiger partial charge in [-0.3, -0.25) is 0 Å². The summed E-state index contributed by atoms with van der Waals surface area (Å²) in [5.74, 6) is -2.89. The van der Waals surface area contributed by atoms with E-state index in [4.69, 9.17) is 4.74 Å². The number of nitrogens with one attached hydrogen (secondary N) is 1. The first-order valence-electron chi connectivity index (χ1n) is 7.29. The maximum Gasteiger partial charge on any atom is 0.256 e. The minimum absolute atomic E-state index is 0.00162. The van der Waals surface area contributed by atoms with Gasteiger partial charge >= 0.3 is 0 Å². The molecular weight excluding hydrogens is 305 g/mol. The van der Waals surface area contributed by atoms with Gasteiger partial charge in [0.15, 0.2) is 23.2 Å². The number of benzene rings is 1. The van der Waals surface area contributed by atoms with Crippen LogP contribution in [0.4, 0.5) is 13.2 Å². The Morgan fingerprint density at radius 2 is 2.00 bits per heavy atom. The van der Waals surface area contributed by atoms with Gasteiger partial charge < -0.3 is 9.72 Å². The van der Waals surface area contributed by atoms with Gasteiger partial charge in [0.2, 0.25) is 0 Å². The van der Waals surface area contributed by atoms with Gasteiger partial charge in [-0.2, -0.15) is 0 Å². The van der Waals surface area contributed by atoms with Crippen molar-refractivity contribution in [3.8, 4) is 11.6 Å². The van der Waals surface area contributed by atoms with E-state index < -0.39 is 17.5 Å². The van der Waals surface area contributed by atoms with Crippen molar-refractivity contribution in [2.75, 3.05) is 0 Å². The van der Waals surface area contributed by atoms with Crippen LogP contribution in [0.2, 0.25) is 0 Å². The lowest BCUT2D eigenvalue weighted by molar-refractivity contribution is 0.418. The fourth-order valence-corrected chi connectivity index (χ4v) is 2.52. The molecule has 6 heteroatoms. The zero-order chi connectivity index (χ0) is 16.6. The van der Waals surface area contributed by atoms with E-state index in [1.807, 2.05) is 6.92 Å². The number of halogens is 3. The molecule has 0 amide bonds. The lowest BCUT2D eigenvalue weighted by Crippen LogP contribution is -1.97. The molecule has 0 aliphatic rings. The molecule has 0 fully saturated rings. The molecule has 0 saturated carbocycles. The van der Waals surface area contributed by atoms with Crippen LogP contribution in [0.3, 0.4) is 0 Å². The van der Waals surface area contributed by atoms with E-state index in [2.05, 4.69) is 9.97 Å². The summed E-state index contributed by atoms with van der Waals surface area (Å²) >= 11 is 0. The van der Waals surface area contributed by atoms with E-state index in [-0.39, 0.29) is 22.5 Å². The molecule has 0 unspecified atom stereocenters. The third kappa shape index (κ3) is 2.65. The van der Waals surface area contributed by atoms with E-state index in [0.29, 0.717) is 17.5 Å². The zero-order valence-corrected chi connectivity index (χ0v) is 12.7. The number of aromatic amines is 1. The minimum atomic E-state index is -1.04. The smallest absolute Gasteiger partial charge is 0.256 e. The van der Waals surface area contributed by atoms with Crippen molar-refractivity contribution in [1.29, 1.82) is 0 Å². The standard InChI is InChI=1S/C17H15F3N2O/c1-3-4-10-8-22-16-12(7-11(18)15(20)13(10)16)23-17-14(19)9(2)5-6-21-17/h5-8,22H,3-4H2,1-2H3. The van der Waals surface area contributed by atoms with Crippen LogP contribution < -0.4 is 4.74 Å². The summed E-state index contributed by atoms with van der Waals surface area (Å²) < 4.78 is 47.5. The molecule has 3 aromatic rings. The van der Waals surface area contributed by atoms with Gasteiger partial charge in [0.05, 0.1) is 5.52 Å². The van der Waals surface area contributed by atoms with Gasteiger partial charge in [-0.1, -0.05) is 13.3 Å². The number of aryl methyl sites for hydroxylation is 2.